The fraction of sp³-hybridized carbons (Fsp3) is 0.500. The zero-order chi connectivity index (χ0) is 17.6. The third-order valence-corrected chi connectivity index (χ3v) is 7.29. The number of phenols is 1. The van der Waals surface area contributed by atoms with Crippen molar-refractivity contribution in [3.63, 3.8) is 0 Å². The van der Waals surface area contributed by atoms with Gasteiger partial charge in [-0.25, -0.2) is 0 Å². The Kier molecular flexibility index (Phi) is 5.22. The maximum absolute atomic E-state index is 9.94. The molecule has 2 nitrogen and oxygen atoms in total. The van der Waals surface area contributed by atoms with Gasteiger partial charge in [-0.1, -0.05) is 48.9 Å². The third kappa shape index (κ3) is 3.62. The van der Waals surface area contributed by atoms with Crippen molar-refractivity contribution in [3.8, 4) is 5.75 Å². The summed E-state index contributed by atoms with van der Waals surface area (Å²) in [6.45, 7) is 2.50. The molecule has 2 bridgehead atoms. The molecule has 0 amide bonds. The second-order valence-electron chi connectivity index (χ2n) is 8.84. The van der Waals surface area contributed by atoms with Gasteiger partial charge < -0.3 is 10.0 Å². The van der Waals surface area contributed by atoms with Crippen molar-refractivity contribution < 1.29 is 5.11 Å². The van der Waals surface area contributed by atoms with Crippen molar-refractivity contribution in [2.24, 2.45) is 5.92 Å². The number of piperidine rings is 1. The van der Waals surface area contributed by atoms with Crippen LogP contribution in [-0.2, 0) is 5.41 Å². The van der Waals surface area contributed by atoms with Crippen molar-refractivity contribution in [3.05, 3.63) is 65.7 Å². The molecule has 1 aliphatic heterocycles. The Morgan fingerprint density at radius 1 is 1.04 bits per heavy atom. The van der Waals surface area contributed by atoms with Crippen LogP contribution in [0.15, 0.2) is 54.6 Å². The maximum atomic E-state index is 9.94. The van der Waals surface area contributed by atoms with Gasteiger partial charge in [-0.15, -0.1) is 12.4 Å². The minimum absolute atomic E-state index is 0. The summed E-state index contributed by atoms with van der Waals surface area (Å²) in [6.07, 6.45) is 7.85. The van der Waals surface area contributed by atoms with E-state index in [0.717, 1.165) is 17.9 Å². The molecule has 3 heteroatoms. The van der Waals surface area contributed by atoms with Crippen LogP contribution < -0.4 is 0 Å². The van der Waals surface area contributed by atoms with Crippen LogP contribution in [0.5, 0.6) is 5.75 Å². The smallest absolute Gasteiger partial charge is 0.115 e. The van der Waals surface area contributed by atoms with E-state index >= 15 is 0 Å². The first-order valence-corrected chi connectivity index (χ1v) is 10.3. The van der Waals surface area contributed by atoms with Gasteiger partial charge in [-0.3, -0.25) is 0 Å². The first-order chi connectivity index (χ1) is 12.7. The average Bonchev–Trinajstić information content (AvgIpc) is 3.45. The number of aromatic hydroxyl groups is 1. The zero-order valence-corrected chi connectivity index (χ0v) is 16.7. The summed E-state index contributed by atoms with van der Waals surface area (Å²) < 4.78 is 0. The predicted octanol–water partition coefficient (Wildman–Crippen LogP) is 5.50. The van der Waals surface area contributed by atoms with Gasteiger partial charge in [0.15, 0.2) is 0 Å². The second-order valence-corrected chi connectivity index (χ2v) is 8.84. The molecular weight excluding hydrogens is 354 g/mol. The highest BCUT2D eigenvalue weighted by Crippen LogP contribution is 2.51. The van der Waals surface area contributed by atoms with Crippen LogP contribution >= 0.6 is 12.4 Å². The minimum atomic E-state index is 0. The Hall–Kier alpha value is -1.51. The van der Waals surface area contributed by atoms with Crippen LogP contribution in [0.3, 0.4) is 0 Å². The lowest BCUT2D eigenvalue weighted by atomic mass is 9.63. The molecule has 3 fully saturated rings. The Morgan fingerprint density at radius 2 is 1.89 bits per heavy atom. The van der Waals surface area contributed by atoms with Crippen molar-refractivity contribution in [2.75, 3.05) is 13.1 Å². The Morgan fingerprint density at radius 3 is 2.70 bits per heavy atom. The number of halogens is 1. The van der Waals surface area contributed by atoms with E-state index < -0.39 is 0 Å². The topological polar surface area (TPSA) is 23.5 Å². The third-order valence-electron chi connectivity index (χ3n) is 7.29. The molecule has 2 saturated carbocycles. The van der Waals surface area contributed by atoms with Crippen LogP contribution in [0.2, 0.25) is 0 Å². The highest BCUT2D eigenvalue weighted by molar-refractivity contribution is 5.85. The molecule has 1 saturated heterocycles. The fourth-order valence-electron chi connectivity index (χ4n) is 5.75. The SMILES string of the molecule is Cl.Oc1cccc([C@]23CCC[C@H](C2)N(C[C@@H]2C[C@@H]2c2ccccc2)CC3)c1. The Bertz CT molecular complexity index is 779. The number of likely N-dealkylation sites (tertiary alicyclic amines) is 1. The van der Waals surface area contributed by atoms with E-state index in [1.165, 1.54) is 62.7 Å². The van der Waals surface area contributed by atoms with Crippen LogP contribution in [0.1, 0.15) is 55.6 Å². The lowest BCUT2D eigenvalue weighted by Crippen LogP contribution is -2.52. The summed E-state index contributed by atoms with van der Waals surface area (Å²) in [4.78, 5) is 2.80. The van der Waals surface area contributed by atoms with Gasteiger partial charge >= 0.3 is 0 Å². The molecule has 144 valence electrons. The van der Waals surface area contributed by atoms with E-state index in [1.54, 1.807) is 6.07 Å². The van der Waals surface area contributed by atoms with Crippen molar-refractivity contribution in [2.45, 2.75) is 55.9 Å². The van der Waals surface area contributed by atoms with Gasteiger partial charge in [-0.05, 0) is 79.2 Å². The Balaban J connectivity index is 0.00000180. The van der Waals surface area contributed by atoms with Gasteiger partial charge in [0.05, 0.1) is 0 Å². The molecule has 0 unspecified atom stereocenters. The van der Waals surface area contributed by atoms with E-state index in [1.807, 2.05) is 12.1 Å². The molecule has 1 N–H and O–H groups in total. The number of hydrogen-bond donors (Lipinski definition) is 1. The molecule has 3 aliphatic rings. The molecule has 0 radical (unpaired) electrons. The van der Waals surface area contributed by atoms with Gasteiger partial charge in [0.1, 0.15) is 5.75 Å². The molecule has 2 aromatic carbocycles. The van der Waals surface area contributed by atoms with Gasteiger partial charge in [-0.2, -0.15) is 0 Å². The van der Waals surface area contributed by atoms with Crippen molar-refractivity contribution >= 4 is 12.4 Å². The van der Waals surface area contributed by atoms with E-state index in [4.69, 9.17) is 0 Å². The monoisotopic (exact) mass is 383 g/mol. The van der Waals surface area contributed by atoms with Crippen LogP contribution in [0.25, 0.3) is 0 Å². The summed E-state index contributed by atoms with van der Waals surface area (Å²) in [5.41, 5.74) is 3.21. The van der Waals surface area contributed by atoms with Crippen LogP contribution in [-0.4, -0.2) is 29.1 Å². The van der Waals surface area contributed by atoms with E-state index in [0.29, 0.717) is 11.2 Å². The summed E-state index contributed by atoms with van der Waals surface area (Å²) in [5, 5.41) is 9.94. The summed E-state index contributed by atoms with van der Waals surface area (Å²) in [7, 11) is 0. The standard InChI is InChI=1S/C24H29NO.ClH/c26-22-10-4-8-20(15-22)24-11-5-9-21(16-24)25(13-12-24)17-19-14-23(19)18-6-2-1-3-7-18;/h1-4,6-8,10,15,19,21,23,26H,5,9,11-14,16-17H2;1H/t19-,21+,23+,24-;/m0./s1. The molecule has 27 heavy (non-hydrogen) atoms. The molecule has 1 heterocycles. The fourth-order valence-corrected chi connectivity index (χ4v) is 5.75. The lowest BCUT2D eigenvalue weighted by molar-refractivity contribution is 0.0478. The second kappa shape index (κ2) is 7.48. The normalized spacial score (nSPS) is 32.5. The number of hydrogen-bond acceptors (Lipinski definition) is 2. The number of nitrogens with zero attached hydrogens (tertiary/aromatic N) is 1. The van der Waals surface area contributed by atoms with E-state index in [-0.39, 0.29) is 12.4 Å². The number of benzene rings is 2. The lowest BCUT2D eigenvalue weighted by Gasteiger charge is -2.51. The van der Waals surface area contributed by atoms with Crippen molar-refractivity contribution in [1.29, 1.82) is 0 Å². The molecule has 0 aromatic heterocycles. The quantitative estimate of drug-likeness (QED) is 0.753. The first kappa shape index (κ1) is 18.8. The molecule has 5 rings (SSSR count). The van der Waals surface area contributed by atoms with Crippen LogP contribution in [0.4, 0.5) is 0 Å². The largest absolute Gasteiger partial charge is 0.508 e. The average molecular weight is 384 g/mol. The summed E-state index contributed by atoms with van der Waals surface area (Å²) in [5.74, 6) is 2.07. The molecule has 4 atom stereocenters. The highest BCUT2D eigenvalue weighted by atomic mass is 35.5. The molecule has 2 aliphatic carbocycles. The number of phenolic OH excluding ortho intramolecular Hbond substituents is 1. The number of fused-ring (bicyclic) bond motifs is 2. The highest BCUT2D eigenvalue weighted by Gasteiger charge is 2.46. The zero-order valence-electron chi connectivity index (χ0n) is 15.9. The minimum Gasteiger partial charge on any atom is -0.508 e. The van der Waals surface area contributed by atoms with Crippen molar-refractivity contribution in [1.82, 2.24) is 4.90 Å². The summed E-state index contributed by atoms with van der Waals surface area (Å²) in [6, 6.07) is 19.9. The molecular formula is C24H30ClNO. The Labute approximate surface area is 169 Å². The maximum Gasteiger partial charge on any atom is 0.115 e. The molecule has 2 aromatic rings. The van der Waals surface area contributed by atoms with Gasteiger partial charge in [0.25, 0.3) is 0 Å². The van der Waals surface area contributed by atoms with E-state index in [9.17, 15) is 5.11 Å². The van der Waals surface area contributed by atoms with E-state index in [2.05, 4.69) is 41.3 Å². The van der Waals surface area contributed by atoms with Crippen LogP contribution in [0, 0.1) is 5.92 Å². The molecule has 0 spiro atoms. The number of rotatable bonds is 4. The van der Waals surface area contributed by atoms with Gasteiger partial charge in [0, 0.05) is 12.6 Å². The first-order valence-electron chi connectivity index (χ1n) is 10.3. The van der Waals surface area contributed by atoms with Gasteiger partial charge in [0.2, 0.25) is 0 Å². The summed E-state index contributed by atoms with van der Waals surface area (Å²) >= 11 is 0. The predicted molar refractivity (Wildman–Crippen MR) is 113 cm³/mol.